The van der Waals surface area contributed by atoms with Crippen LogP contribution in [0.5, 0.6) is 0 Å². The lowest BCUT2D eigenvalue weighted by Crippen LogP contribution is -2.10. The number of nitrogens with one attached hydrogen (secondary N) is 1. The third kappa shape index (κ3) is 3.75. The van der Waals surface area contributed by atoms with Crippen molar-refractivity contribution in [2.45, 2.75) is 33.6 Å². The van der Waals surface area contributed by atoms with Crippen molar-refractivity contribution in [3.63, 3.8) is 0 Å². The molecule has 0 aliphatic heterocycles. The average molecular weight is 384 g/mol. The van der Waals surface area contributed by atoms with Crippen LogP contribution in [0, 0.1) is 6.92 Å². The highest BCUT2D eigenvalue weighted by atomic mass is 79.9. The van der Waals surface area contributed by atoms with Crippen LogP contribution in [0.15, 0.2) is 16.6 Å². The van der Waals surface area contributed by atoms with Gasteiger partial charge in [-0.05, 0) is 54.2 Å². The first-order chi connectivity index (χ1) is 11.0. The Bertz CT molecular complexity index is 742. The molecule has 0 aliphatic carbocycles. The Balaban J connectivity index is 0.00000288. The van der Waals surface area contributed by atoms with Gasteiger partial charge in [-0.15, -0.1) is 0 Å². The Kier molecular flexibility index (Phi) is 5.82. The van der Waals surface area contributed by atoms with E-state index < -0.39 is 5.97 Å². The molecular formula is C17H22BrNO4. The minimum Gasteiger partial charge on any atom is -0.466 e. The van der Waals surface area contributed by atoms with Crippen molar-refractivity contribution >= 4 is 38.8 Å². The molecule has 0 fully saturated rings. The fourth-order valence-electron chi connectivity index (χ4n) is 2.49. The zero-order valence-electron chi connectivity index (χ0n) is 13.5. The molecule has 2 aromatic rings. The quantitative estimate of drug-likeness (QED) is 0.760. The van der Waals surface area contributed by atoms with E-state index in [2.05, 4.69) is 20.9 Å². The van der Waals surface area contributed by atoms with Gasteiger partial charge in [0.25, 0.3) is 0 Å². The summed E-state index contributed by atoms with van der Waals surface area (Å²) in [6.45, 7) is 6.16. The third-order valence-electron chi connectivity index (χ3n) is 3.58. The predicted octanol–water partition coefficient (Wildman–Crippen LogP) is 4.16. The van der Waals surface area contributed by atoms with E-state index in [0.29, 0.717) is 25.3 Å². The number of halogens is 1. The first-order valence-corrected chi connectivity index (χ1v) is 8.41. The lowest BCUT2D eigenvalue weighted by Gasteiger charge is -2.05. The normalized spacial score (nSPS) is 10.8. The molecule has 0 saturated heterocycles. The Morgan fingerprint density at radius 2 is 1.91 bits per heavy atom. The number of ether oxygens (including phenoxy) is 2. The SMILES string of the molecule is CCOC(=O)CCc1c(C(=O)OCC)[nH]c2c(Br)c(C)ccc12.[HH]. The number of rotatable bonds is 6. The van der Waals surface area contributed by atoms with Crippen LogP contribution in [0.3, 0.4) is 0 Å². The van der Waals surface area contributed by atoms with Crippen molar-refractivity contribution in [1.29, 1.82) is 0 Å². The molecule has 1 aromatic carbocycles. The number of H-pyrrole nitrogens is 1. The number of aromatic amines is 1. The maximum Gasteiger partial charge on any atom is 0.355 e. The molecule has 0 aliphatic rings. The smallest absolute Gasteiger partial charge is 0.355 e. The van der Waals surface area contributed by atoms with Gasteiger partial charge in [-0.2, -0.15) is 0 Å². The second-order valence-corrected chi connectivity index (χ2v) is 5.92. The molecule has 126 valence electrons. The Morgan fingerprint density at radius 3 is 2.57 bits per heavy atom. The summed E-state index contributed by atoms with van der Waals surface area (Å²) < 4.78 is 11.0. The molecule has 0 atom stereocenters. The molecule has 0 spiro atoms. The van der Waals surface area contributed by atoms with Gasteiger partial charge in [0.15, 0.2) is 0 Å². The molecule has 1 N–H and O–H groups in total. The zero-order valence-corrected chi connectivity index (χ0v) is 15.1. The van der Waals surface area contributed by atoms with Crippen molar-refractivity contribution in [2.75, 3.05) is 13.2 Å². The minimum atomic E-state index is -0.410. The number of aromatic nitrogens is 1. The number of aryl methyl sites for hydroxylation is 2. The van der Waals surface area contributed by atoms with Gasteiger partial charge in [0.2, 0.25) is 0 Å². The average Bonchev–Trinajstić information content (AvgIpc) is 2.89. The highest BCUT2D eigenvalue weighted by Gasteiger charge is 2.21. The van der Waals surface area contributed by atoms with E-state index in [1.54, 1.807) is 13.8 Å². The van der Waals surface area contributed by atoms with Gasteiger partial charge in [-0.3, -0.25) is 4.79 Å². The molecule has 0 amide bonds. The standard InChI is InChI=1S/C17H20BrNO4.H2/c1-4-22-13(20)9-8-12-11-7-6-10(3)14(18)15(11)19-16(12)17(21)23-5-2;/h6-7,19H,4-5,8-9H2,1-3H3;1H. The van der Waals surface area contributed by atoms with Crippen LogP contribution in [0.2, 0.25) is 0 Å². The highest BCUT2D eigenvalue weighted by molar-refractivity contribution is 9.10. The fourth-order valence-corrected chi connectivity index (χ4v) is 2.93. The number of benzene rings is 1. The van der Waals surface area contributed by atoms with E-state index in [0.717, 1.165) is 26.5 Å². The van der Waals surface area contributed by atoms with Crippen molar-refractivity contribution in [3.8, 4) is 0 Å². The van der Waals surface area contributed by atoms with E-state index in [-0.39, 0.29) is 13.8 Å². The Morgan fingerprint density at radius 1 is 1.22 bits per heavy atom. The van der Waals surface area contributed by atoms with Crippen LogP contribution in [0.25, 0.3) is 10.9 Å². The van der Waals surface area contributed by atoms with E-state index in [9.17, 15) is 9.59 Å². The molecule has 0 bridgehead atoms. The number of carbonyl (C=O) groups is 2. The molecule has 2 rings (SSSR count). The van der Waals surface area contributed by atoms with Crippen molar-refractivity contribution in [3.05, 3.63) is 33.4 Å². The summed E-state index contributed by atoms with van der Waals surface area (Å²) in [5.74, 6) is -0.685. The fraction of sp³-hybridized carbons (Fsp3) is 0.412. The van der Waals surface area contributed by atoms with Gasteiger partial charge in [0.1, 0.15) is 5.69 Å². The van der Waals surface area contributed by atoms with E-state index in [4.69, 9.17) is 9.47 Å². The van der Waals surface area contributed by atoms with Gasteiger partial charge in [-0.1, -0.05) is 12.1 Å². The molecule has 6 heteroatoms. The number of carbonyl (C=O) groups excluding carboxylic acids is 2. The number of fused-ring (bicyclic) bond motifs is 1. The van der Waals surface area contributed by atoms with Crippen LogP contribution in [-0.4, -0.2) is 30.1 Å². The van der Waals surface area contributed by atoms with Crippen LogP contribution in [-0.2, 0) is 20.7 Å². The lowest BCUT2D eigenvalue weighted by molar-refractivity contribution is -0.143. The second kappa shape index (κ2) is 7.64. The molecule has 23 heavy (non-hydrogen) atoms. The summed E-state index contributed by atoms with van der Waals surface area (Å²) in [5.41, 5.74) is 3.09. The summed E-state index contributed by atoms with van der Waals surface area (Å²) in [5, 5.41) is 0.912. The summed E-state index contributed by atoms with van der Waals surface area (Å²) >= 11 is 3.55. The number of esters is 2. The second-order valence-electron chi connectivity index (χ2n) is 5.12. The van der Waals surface area contributed by atoms with E-state index in [1.165, 1.54) is 0 Å². The predicted molar refractivity (Wildman–Crippen MR) is 93.8 cm³/mol. The van der Waals surface area contributed by atoms with Crippen LogP contribution in [0.1, 0.15) is 43.3 Å². The summed E-state index contributed by atoms with van der Waals surface area (Å²) in [4.78, 5) is 27.0. The van der Waals surface area contributed by atoms with Crippen LogP contribution in [0.4, 0.5) is 0 Å². The van der Waals surface area contributed by atoms with Crippen LogP contribution < -0.4 is 0 Å². The number of hydrogen-bond donors (Lipinski definition) is 1. The molecule has 1 aromatic heterocycles. The molecule has 0 saturated carbocycles. The molecule has 0 radical (unpaired) electrons. The van der Waals surface area contributed by atoms with Gasteiger partial charge in [0, 0.05) is 17.7 Å². The first kappa shape index (κ1) is 17.5. The summed E-state index contributed by atoms with van der Waals surface area (Å²) in [6.07, 6.45) is 0.640. The van der Waals surface area contributed by atoms with Gasteiger partial charge < -0.3 is 14.5 Å². The summed E-state index contributed by atoms with van der Waals surface area (Å²) in [6, 6.07) is 3.93. The molecule has 0 unspecified atom stereocenters. The monoisotopic (exact) mass is 383 g/mol. The third-order valence-corrected chi connectivity index (χ3v) is 4.60. The van der Waals surface area contributed by atoms with E-state index in [1.807, 2.05) is 19.1 Å². The largest absolute Gasteiger partial charge is 0.466 e. The van der Waals surface area contributed by atoms with Gasteiger partial charge in [-0.25, -0.2) is 4.79 Å². The van der Waals surface area contributed by atoms with Gasteiger partial charge in [0.05, 0.1) is 18.7 Å². The number of hydrogen-bond acceptors (Lipinski definition) is 4. The first-order valence-electron chi connectivity index (χ1n) is 7.61. The maximum absolute atomic E-state index is 12.2. The zero-order chi connectivity index (χ0) is 17.0. The van der Waals surface area contributed by atoms with Crippen molar-refractivity contribution < 1.29 is 20.5 Å². The van der Waals surface area contributed by atoms with E-state index >= 15 is 0 Å². The lowest BCUT2D eigenvalue weighted by atomic mass is 10.0. The highest BCUT2D eigenvalue weighted by Crippen LogP contribution is 2.32. The molecule has 1 heterocycles. The molecular weight excluding hydrogens is 362 g/mol. The maximum atomic E-state index is 12.2. The Labute approximate surface area is 145 Å². The van der Waals surface area contributed by atoms with Crippen molar-refractivity contribution in [1.82, 2.24) is 4.98 Å². The van der Waals surface area contributed by atoms with Crippen molar-refractivity contribution in [2.24, 2.45) is 0 Å². The minimum absolute atomic E-state index is 0. The topological polar surface area (TPSA) is 68.4 Å². The van der Waals surface area contributed by atoms with Gasteiger partial charge >= 0.3 is 11.9 Å². The Hall–Kier alpha value is -1.82. The summed E-state index contributed by atoms with van der Waals surface area (Å²) in [7, 11) is 0. The van der Waals surface area contributed by atoms with Crippen LogP contribution >= 0.6 is 15.9 Å². The molecule has 5 nitrogen and oxygen atoms in total.